The van der Waals surface area contributed by atoms with Crippen LogP contribution in [-0.4, -0.2) is 11.1 Å². The van der Waals surface area contributed by atoms with Gasteiger partial charge in [0.15, 0.2) is 0 Å². The second-order valence-corrected chi connectivity index (χ2v) is 6.61. The van der Waals surface area contributed by atoms with Gasteiger partial charge in [-0.05, 0) is 24.5 Å². The maximum atomic E-state index is 11.8. The lowest BCUT2D eigenvalue weighted by atomic mass is 9.87. The normalized spacial score (nSPS) is 12.7. The Bertz CT molecular complexity index is 849. The van der Waals surface area contributed by atoms with Gasteiger partial charge in [-0.2, -0.15) is 5.26 Å². The minimum atomic E-state index is -0.600. The molecule has 0 aliphatic heterocycles. The summed E-state index contributed by atoms with van der Waals surface area (Å²) in [6, 6.07) is 6.17. The number of nitriles is 1. The maximum absolute atomic E-state index is 11.8. The monoisotopic (exact) mass is 313 g/mol. The van der Waals surface area contributed by atoms with Crippen LogP contribution < -0.4 is 21.5 Å². The fraction of sp³-hybridized carbons (Fsp3) is 0.353. The summed E-state index contributed by atoms with van der Waals surface area (Å²) in [4.78, 5) is 23.6. The molecule has 0 aliphatic rings. The summed E-state index contributed by atoms with van der Waals surface area (Å²) in [6.45, 7) is 8.03. The van der Waals surface area contributed by atoms with Crippen molar-refractivity contribution in [3.8, 4) is 11.8 Å². The van der Waals surface area contributed by atoms with Crippen LogP contribution in [0, 0.1) is 16.7 Å². The molecule has 0 bridgehead atoms. The predicted molar refractivity (Wildman–Crippen MR) is 90.0 cm³/mol. The molecule has 0 fully saturated rings. The number of anilines is 3. The van der Waals surface area contributed by atoms with Crippen LogP contribution in [0.1, 0.15) is 33.3 Å². The van der Waals surface area contributed by atoms with Gasteiger partial charge in [-0.15, -0.1) is 0 Å². The number of aromatic hydroxyl groups is 1. The van der Waals surface area contributed by atoms with Crippen LogP contribution in [0.4, 0.5) is 17.1 Å². The Labute approximate surface area is 134 Å². The van der Waals surface area contributed by atoms with Crippen LogP contribution in [0.15, 0.2) is 27.8 Å². The lowest BCUT2D eigenvalue weighted by molar-refractivity contribution is 0.359. The molecule has 0 amide bonds. The Morgan fingerprint density at radius 3 is 2.30 bits per heavy atom. The van der Waals surface area contributed by atoms with Gasteiger partial charge in [0.25, 0.3) is 10.9 Å². The van der Waals surface area contributed by atoms with Gasteiger partial charge in [0, 0.05) is 17.8 Å². The summed E-state index contributed by atoms with van der Waals surface area (Å²) >= 11 is 0. The van der Waals surface area contributed by atoms with Crippen molar-refractivity contribution in [3.05, 3.63) is 44.2 Å². The SMILES string of the molecule is C[C@@H](Nc1c(Nc2ccc(C#N)c(O)c2)c(=O)c1=O)C(C)(C)C. The number of hydrogen-bond donors (Lipinski definition) is 3. The second-order valence-electron chi connectivity index (χ2n) is 6.61. The van der Waals surface area contributed by atoms with Gasteiger partial charge in [0.2, 0.25) is 0 Å². The van der Waals surface area contributed by atoms with Crippen LogP contribution in [0.5, 0.6) is 5.75 Å². The van der Waals surface area contributed by atoms with Crippen LogP contribution >= 0.6 is 0 Å². The highest BCUT2D eigenvalue weighted by Crippen LogP contribution is 2.28. The minimum Gasteiger partial charge on any atom is -0.506 e. The average Bonchev–Trinajstić information content (AvgIpc) is 2.49. The van der Waals surface area contributed by atoms with E-state index in [1.54, 1.807) is 6.07 Å². The molecule has 23 heavy (non-hydrogen) atoms. The first kappa shape index (κ1) is 16.6. The maximum Gasteiger partial charge on any atom is 0.253 e. The van der Waals surface area contributed by atoms with Gasteiger partial charge < -0.3 is 15.7 Å². The molecule has 0 heterocycles. The molecule has 0 radical (unpaired) electrons. The molecule has 0 saturated carbocycles. The van der Waals surface area contributed by atoms with Gasteiger partial charge in [-0.3, -0.25) is 9.59 Å². The van der Waals surface area contributed by atoms with Crippen molar-refractivity contribution in [2.45, 2.75) is 33.7 Å². The summed E-state index contributed by atoms with van der Waals surface area (Å²) in [5.41, 5.74) is -0.236. The van der Waals surface area contributed by atoms with E-state index in [1.807, 2.05) is 33.8 Å². The van der Waals surface area contributed by atoms with Gasteiger partial charge in [0.05, 0.1) is 5.56 Å². The Morgan fingerprint density at radius 1 is 1.17 bits per heavy atom. The van der Waals surface area contributed by atoms with Crippen molar-refractivity contribution in [3.63, 3.8) is 0 Å². The van der Waals surface area contributed by atoms with Crippen molar-refractivity contribution in [2.24, 2.45) is 5.41 Å². The summed E-state index contributed by atoms with van der Waals surface area (Å²) in [7, 11) is 0. The molecule has 1 atom stereocenters. The number of phenolic OH excluding ortho intramolecular Hbond substituents is 1. The zero-order valence-corrected chi connectivity index (χ0v) is 13.5. The first-order chi connectivity index (χ1) is 10.6. The third-order valence-electron chi connectivity index (χ3n) is 3.96. The Hall–Kier alpha value is -2.81. The summed E-state index contributed by atoms with van der Waals surface area (Å²) in [5.74, 6) is -0.186. The van der Waals surface area contributed by atoms with E-state index < -0.39 is 10.9 Å². The minimum absolute atomic E-state index is 0.0132. The number of hydrogen-bond acceptors (Lipinski definition) is 6. The molecule has 3 N–H and O–H groups in total. The van der Waals surface area contributed by atoms with E-state index in [2.05, 4.69) is 10.6 Å². The largest absolute Gasteiger partial charge is 0.506 e. The van der Waals surface area contributed by atoms with Gasteiger partial charge in [-0.25, -0.2) is 0 Å². The van der Waals surface area contributed by atoms with Crippen LogP contribution in [0.3, 0.4) is 0 Å². The lowest BCUT2D eigenvalue weighted by Gasteiger charge is -2.30. The van der Waals surface area contributed by atoms with E-state index >= 15 is 0 Å². The number of nitrogens with zero attached hydrogens (tertiary/aromatic N) is 1. The second kappa shape index (κ2) is 5.76. The van der Waals surface area contributed by atoms with Crippen molar-refractivity contribution in [2.75, 3.05) is 10.6 Å². The van der Waals surface area contributed by atoms with Crippen molar-refractivity contribution in [1.82, 2.24) is 0 Å². The first-order valence-corrected chi connectivity index (χ1v) is 7.25. The molecule has 2 rings (SSSR count). The summed E-state index contributed by atoms with van der Waals surface area (Å²) in [5, 5.41) is 24.4. The fourth-order valence-corrected chi connectivity index (χ4v) is 1.93. The molecule has 0 spiro atoms. The van der Waals surface area contributed by atoms with Gasteiger partial charge in [0.1, 0.15) is 23.2 Å². The van der Waals surface area contributed by atoms with E-state index in [9.17, 15) is 14.7 Å². The average molecular weight is 313 g/mol. The van der Waals surface area contributed by atoms with Gasteiger partial charge >= 0.3 is 0 Å². The van der Waals surface area contributed by atoms with Crippen molar-refractivity contribution < 1.29 is 5.11 Å². The Morgan fingerprint density at radius 2 is 1.78 bits per heavy atom. The standard InChI is InChI=1S/C17H19N3O3/c1-9(17(2,3)4)19-13-14(16(23)15(13)22)20-11-6-5-10(8-18)12(21)7-11/h5-7,9,19-21H,1-4H3/t9-/m1/s1. The highest BCUT2D eigenvalue weighted by molar-refractivity contribution is 5.79. The topological polar surface area (TPSA) is 102 Å². The van der Waals surface area contributed by atoms with E-state index in [0.717, 1.165) is 0 Å². The molecule has 2 aromatic rings. The molecule has 0 aliphatic carbocycles. The highest BCUT2D eigenvalue weighted by Gasteiger charge is 2.27. The third kappa shape index (κ3) is 3.19. The van der Waals surface area contributed by atoms with Crippen LogP contribution in [0.2, 0.25) is 0 Å². The molecule has 6 nitrogen and oxygen atoms in total. The molecule has 0 unspecified atom stereocenters. The Kier molecular flexibility index (Phi) is 4.15. The first-order valence-electron chi connectivity index (χ1n) is 7.25. The molecular weight excluding hydrogens is 294 g/mol. The molecule has 120 valence electrons. The molecule has 0 aromatic heterocycles. The van der Waals surface area contributed by atoms with Crippen LogP contribution in [-0.2, 0) is 0 Å². The van der Waals surface area contributed by atoms with Crippen molar-refractivity contribution >= 4 is 17.1 Å². The van der Waals surface area contributed by atoms with E-state index in [4.69, 9.17) is 5.26 Å². The molecule has 0 saturated heterocycles. The zero-order valence-electron chi connectivity index (χ0n) is 13.5. The number of benzene rings is 1. The van der Waals surface area contributed by atoms with Crippen LogP contribution in [0.25, 0.3) is 0 Å². The predicted octanol–water partition coefficient (Wildman–Crippen LogP) is 2.45. The smallest absolute Gasteiger partial charge is 0.253 e. The lowest BCUT2D eigenvalue weighted by Crippen LogP contribution is -2.41. The molecular formula is C17H19N3O3. The van der Waals surface area contributed by atoms with E-state index in [0.29, 0.717) is 5.69 Å². The summed E-state index contributed by atoms with van der Waals surface area (Å²) < 4.78 is 0. The zero-order chi connectivity index (χ0) is 17.4. The van der Waals surface area contributed by atoms with Crippen molar-refractivity contribution in [1.29, 1.82) is 5.26 Å². The molecule has 2 aromatic carbocycles. The van der Waals surface area contributed by atoms with E-state index in [-0.39, 0.29) is 34.1 Å². The Balaban J connectivity index is 2.27. The third-order valence-corrected chi connectivity index (χ3v) is 3.96. The number of rotatable bonds is 4. The summed E-state index contributed by atoms with van der Waals surface area (Å²) in [6.07, 6.45) is 0. The fourth-order valence-electron chi connectivity index (χ4n) is 1.93. The molecule has 6 heteroatoms. The number of nitrogens with one attached hydrogen (secondary N) is 2. The quantitative estimate of drug-likeness (QED) is 0.749. The van der Waals surface area contributed by atoms with Gasteiger partial charge in [-0.1, -0.05) is 20.8 Å². The highest BCUT2D eigenvalue weighted by atomic mass is 16.3. The van der Waals surface area contributed by atoms with E-state index in [1.165, 1.54) is 12.1 Å². The number of phenols is 1.